The molecule has 0 saturated carbocycles. The molecule has 286 valence electrons. The van der Waals surface area contributed by atoms with Crippen molar-refractivity contribution in [2.75, 3.05) is 34.5 Å². The number of carbonyl (C=O) groups excluding carboxylic acids is 2. The Balaban J connectivity index is 1.20. The van der Waals surface area contributed by atoms with Crippen LogP contribution in [0.3, 0.4) is 0 Å². The first-order chi connectivity index (χ1) is 26.4. The second-order valence-electron chi connectivity index (χ2n) is 15.3. The van der Waals surface area contributed by atoms with E-state index < -0.39 is 12.6 Å². The fourth-order valence-corrected chi connectivity index (χ4v) is 7.76. The summed E-state index contributed by atoms with van der Waals surface area (Å²) in [4.78, 5) is 33.3. The molecule has 10 heteroatoms. The minimum Gasteiger partial charge on any atom is -0.493 e. The standard InChI is InChI=1S/C45H48N2O8/c1-26-17-33(27(2)47(26)23-31-24-53-37-15-11-12-16-38(37)55-31)36(48)25-54-44(49)41-32-13-9-10-14-35(32)46-42-29(21-30(22-34(41)42)45(3,4)5)18-28-19-39(50-6)43(52-8)40(20-28)51-7/h9-20,30-31H,21-25H2,1-8H3/b29-18-. The molecule has 7 rings (SSSR count). The summed E-state index contributed by atoms with van der Waals surface area (Å²) in [6.45, 7) is 11.0. The molecule has 10 nitrogen and oxygen atoms in total. The molecule has 1 aliphatic heterocycles. The van der Waals surface area contributed by atoms with Crippen LogP contribution in [0, 0.1) is 25.2 Å². The summed E-state index contributed by atoms with van der Waals surface area (Å²) >= 11 is 0. The number of fused-ring (bicyclic) bond motifs is 3. The van der Waals surface area contributed by atoms with E-state index in [1.54, 1.807) is 21.3 Å². The molecule has 55 heavy (non-hydrogen) atoms. The van der Waals surface area contributed by atoms with Crippen molar-refractivity contribution < 1.29 is 38.0 Å². The monoisotopic (exact) mass is 744 g/mol. The van der Waals surface area contributed by atoms with Crippen LogP contribution in [-0.4, -0.2) is 62.0 Å². The molecule has 2 aromatic heterocycles. The van der Waals surface area contributed by atoms with Gasteiger partial charge in [-0.15, -0.1) is 0 Å². The van der Waals surface area contributed by atoms with Crippen LogP contribution < -0.4 is 23.7 Å². The first kappa shape index (κ1) is 37.5. The zero-order valence-corrected chi connectivity index (χ0v) is 32.8. The predicted molar refractivity (Wildman–Crippen MR) is 212 cm³/mol. The number of nitrogens with zero attached hydrogens (tertiary/aromatic N) is 2. The summed E-state index contributed by atoms with van der Waals surface area (Å²) in [7, 11) is 4.76. The Morgan fingerprint density at radius 1 is 0.909 bits per heavy atom. The number of ether oxygens (including phenoxy) is 6. The molecule has 0 bridgehead atoms. The summed E-state index contributed by atoms with van der Waals surface area (Å²) < 4.78 is 37.0. The lowest BCUT2D eigenvalue weighted by molar-refractivity contribution is 0.0474. The summed E-state index contributed by atoms with van der Waals surface area (Å²) in [5.74, 6) is 2.37. The van der Waals surface area contributed by atoms with Gasteiger partial charge in [0.25, 0.3) is 0 Å². The molecule has 2 unspecified atom stereocenters. The number of methoxy groups -OCH3 is 3. The second kappa shape index (κ2) is 15.2. The van der Waals surface area contributed by atoms with Crippen LogP contribution in [-0.2, 0) is 17.7 Å². The zero-order chi connectivity index (χ0) is 39.0. The van der Waals surface area contributed by atoms with Crippen LogP contribution in [0.5, 0.6) is 28.7 Å². The summed E-state index contributed by atoms with van der Waals surface area (Å²) in [6, 6.07) is 20.9. The van der Waals surface area contributed by atoms with Gasteiger partial charge < -0.3 is 33.0 Å². The van der Waals surface area contributed by atoms with E-state index in [4.69, 9.17) is 33.4 Å². The van der Waals surface area contributed by atoms with Gasteiger partial charge in [0.1, 0.15) is 6.61 Å². The highest BCUT2D eigenvalue weighted by Gasteiger charge is 2.36. The number of allylic oxidation sites excluding steroid dienone is 1. The van der Waals surface area contributed by atoms with Crippen LogP contribution in [0.25, 0.3) is 22.6 Å². The van der Waals surface area contributed by atoms with Crippen LogP contribution in [0.15, 0.2) is 66.7 Å². The number of Topliss-reactive ketones (excluding diaryl/α,β-unsaturated/α-hetero) is 1. The van der Waals surface area contributed by atoms with Gasteiger partial charge >= 0.3 is 5.97 Å². The highest BCUT2D eigenvalue weighted by molar-refractivity contribution is 6.08. The van der Waals surface area contributed by atoms with Crippen LogP contribution in [0.4, 0.5) is 0 Å². The average molecular weight is 745 g/mol. The van der Waals surface area contributed by atoms with Gasteiger partial charge in [-0.3, -0.25) is 4.79 Å². The molecular weight excluding hydrogens is 697 g/mol. The molecule has 0 fully saturated rings. The number of esters is 1. The molecule has 0 saturated heterocycles. The minimum absolute atomic E-state index is 0.0877. The number of aromatic nitrogens is 2. The number of carbonyl (C=O) groups is 2. The molecule has 0 amide bonds. The van der Waals surface area contributed by atoms with Crippen molar-refractivity contribution >= 4 is 34.3 Å². The fourth-order valence-electron chi connectivity index (χ4n) is 7.76. The second-order valence-corrected chi connectivity index (χ2v) is 15.3. The molecule has 0 N–H and O–H groups in total. The largest absolute Gasteiger partial charge is 0.493 e. The maximum atomic E-state index is 14.3. The lowest BCUT2D eigenvalue weighted by Gasteiger charge is -2.36. The third-order valence-corrected chi connectivity index (χ3v) is 10.8. The number of para-hydroxylation sites is 3. The lowest BCUT2D eigenvalue weighted by atomic mass is 9.69. The van der Waals surface area contributed by atoms with Crippen molar-refractivity contribution in [3.8, 4) is 28.7 Å². The van der Waals surface area contributed by atoms with Crippen molar-refractivity contribution in [1.82, 2.24) is 9.55 Å². The Kier molecular flexibility index (Phi) is 10.4. The molecular formula is C45H48N2O8. The van der Waals surface area contributed by atoms with Gasteiger partial charge in [-0.1, -0.05) is 51.1 Å². The van der Waals surface area contributed by atoms with E-state index in [0.717, 1.165) is 46.0 Å². The first-order valence-electron chi connectivity index (χ1n) is 18.6. The first-order valence-corrected chi connectivity index (χ1v) is 18.6. The molecule has 3 heterocycles. The number of pyridine rings is 1. The Labute approximate surface area is 322 Å². The van der Waals surface area contributed by atoms with E-state index in [9.17, 15) is 9.59 Å². The third-order valence-electron chi connectivity index (χ3n) is 10.8. The van der Waals surface area contributed by atoms with Crippen LogP contribution >= 0.6 is 0 Å². The molecule has 2 atom stereocenters. The molecule has 3 aromatic carbocycles. The number of hydrogen-bond donors (Lipinski definition) is 0. The molecule has 0 spiro atoms. The Hall–Kier alpha value is -5.77. The SMILES string of the molecule is COc1cc(/C=C2/CC(C(C)(C)C)Cc3c2nc2ccccc2c3C(=O)OCC(=O)c2cc(C)n(CC3COc4ccccc4O3)c2C)cc(OC)c1OC. The van der Waals surface area contributed by atoms with E-state index in [1.807, 2.05) is 80.6 Å². The van der Waals surface area contributed by atoms with Gasteiger partial charge in [-0.25, -0.2) is 9.78 Å². The third kappa shape index (κ3) is 7.37. The number of rotatable bonds is 10. The number of hydrogen-bond acceptors (Lipinski definition) is 9. The highest BCUT2D eigenvalue weighted by atomic mass is 16.6. The van der Waals surface area contributed by atoms with Gasteiger partial charge in [-0.2, -0.15) is 0 Å². The van der Waals surface area contributed by atoms with Crippen LogP contribution in [0.1, 0.15) is 76.1 Å². The van der Waals surface area contributed by atoms with E-state index in [1.165, 1.54) is 0 Å². The predicted octanol–water partition coefficient (Wildman–Crippen LogP) is 8.71. The van der Waals surface area contributed by atoms with Crippen molar-refractivity contribution in [1.29, 1.82) is 0 Å². The maximum Gasteiger partial charge on any atom is 0.339 e. The normalized spacial score (nSPS) is 17.1. The Morgan fingerprint density at radius 2 is 1.60 bits per heavy atom. The lowest BCUT2D eigenvalue weighted by Crippen LogP contribution is -2.33. The van der Waals surface area contributed by atoms with Gasteiger partial charge in [0.15, 0.2) is 35.7 Å². The average Bonchev–Trinajstić information content (AvgIpc) is 3.46. The van der Waals surface area contributed by atoms with Gasteiger partial charge in [0.2, 0.25) is 11.5 Å². The number of benzene rings is 3. The minimum atomic E-state index is -0.551. The number of ketones is 1. The smallest absolute Gasteiger partial charge is 0.339 e. The van der Waals surface area contributed by atoms with Gasteiger partial charge in [0, 0.05) is 22.3 Å². The summed E-state index contributed by atoms with van der Waals surface area (Å²) in [5, 5.41) is 0.690. The molecule has 0 radical (unpaired) electrons. The van der Waals surface area contributed by atoms with E-state index in [2.05, 4.69) is 31.4 Å². The molecule has 2 aliphatic rings. The highest BCUT2D eigenvalue weighted by Crippen LogP contribution is 2.46. The Bertz CT molecular complexity index is 2290. The van der Waals surface area contributed by atoms with Crippen LogP contribution in [0.2, 0.25) is 0 Å². The maximum absolute atomic E-state index is 14.3. The quantitative estimate of drug-likeness (QED) is 0.103. The zero-order valence-electron chi connectivity index (χ0n) is 32.8. The molecule has 1 aliphatic carbocycles. The van der Waals surface area contributed by atoms with Gasteiger partial charge in [-0.05, 0) is 97.2 Å². The Morgan fingerprint density at radius 3 is 2.29 bits per heavy atom. The fraction of sp³-hybridized carbons (Fsp3) is 0.356. The van der Waals surface area contributed by atoms with E-state index in [-0.39, 0.29) is 23.2 Å². The van der Waals surface area contributed by atoms with Crippen molar-refractivity contribution in [3.63, 3.8) is 0 Å². The van der Waals surface area contributed by atoms with E-state index in [0.29, 0.717) is 64.6 Å². The number of aryl methyl sites for hydroxylation is 1. The van der Waals surface area contributed by atoms with Crippen molar-refractivity contribution in [2.45, 2.75) is 60.1 Å². The van der Waals surface area contributed by atoms with E-state index >= 15 is 0 Å². The summed E-state index contributed by atoms with van der Waals surface area (Å²) in [6.07, 6.45) is 3.23. The summed E-state index contributed by atoms with van der Waals surface area (Å²) in [5.41, 5.74) is 6.60. The molecule has 5 aromatic rings. The topological polar surface area (TPSA) is 107 Å². The van der Waals surface area contributed by atoms with Crippen molar-refractivity contribution in [2.24, 2.45) is 11.3 Å². The van der Waals surface area contributed by atoms with Gasteiger partial charge in [0.05, 0.1) is 44.6 Å². The van der Waals surface area contributed by atoms with Crippen molar-refractivity contribution in [3.05, 3.63) is 106 Å².